The van der Waals surface area contributed by atoms with Crippen LogP contribution in [0.5, 0.6) is 0 Å². The van der Waals surface area contributed by atoms with E-state index in [1.54, 1.807) is 17.7 Å². The van der Waals surface area contributed by atoms with Crippen molar-refractivity contribution in [1.29, 1.82) is 0 Å². The second kappa shape index (κ2) is 5.51. The summed E-state index contributed by atoms with van der Waals surface area (Å²) < 4.78 is 1.80. The van der Waals surface area contributed by atoms with Gasteiger partial charge < -0.3 is 5.32 Å². The van der Waals surface area contributed by atoms with Crippen molar-refractivity contribution in [2.45, 2.75) is 39.8 Å². The molecule has 0 aliphatic rings. The van der Waals surface area contributed by atoms with E-state index in [-0.39, 0.29) is 16.1 Å². The highest BCUT2D eigenvalue weighted by molar-refractivity contribution is 5.59. The first-order valence-electron chi connectivity index (χ1n) is 6.68. The molecule has 1 aromatic heterocycles. The Morgan fingerprint density at radius 3 is 2.67 bits per heavy atom. The summed E-state index contributed by atoms with van der Waals surface area (Å²) in [5.74, 6) is 0. The van der Waals surface area contributed by atoms with Gasteiger partial charge in [-0.05, 0) is 33.8 Å². The van der Waals surface area contributed by atoms with E-state index < -0.39 is 0 Å². The van der Waals surface area contributed by atoms with E-state index in [0.717, 1.165) is 11.4 Å². The van der Waals surface area contributed by atoms with Gasteiger partial charge in [-0.2, -0.15) is 0 Å². The fourth-order valence-electron chi connectivity index (χ4n) is 1.91. The summed E-state index contributed by atoms with van der Waals surface area (Å²) in [4.78, 5) is 10.5. The average Bonchev–Trinajstić information content (AvgIpc) is 2.86. The molecule has 0 aliphatic heterocycles. The van der Waals surface area contributed by atoms with Crippen molar-refractivity contribution < 1.29 is 4.92 Å². The molecule has 2 rings (SSSR count). The second-order valence-electron chi connectivity index (χ2n) is 5.89. The zero-order valence-corrected chi connectivity index (χ0v) is 12.6. The zero-order valence-electron chi connectivity index (χ0n) is 12.6. The molecule has 0 bridgehead atoms. The van der Waals surface area contributed by atoms with Gasteiger partial charge in [0.05, 0.1) is 23.2 Å². The Kier molecular flexibility index (Phi) is 3.93. The second-order valence-corrected chi connectivity index (χ2v) is 5.89. The summed E-state index contributed by atoms with van der Waals surface area (Å²) in [6, 6.07) is 4.98. The molecule has 0 spiro atoms. The summed E-state index contributed by atoms with van der Waals surface area (Å²) in [6.45, 7) is 8.33. The molecule has 0 amide bonds. The van der Waals surface area contributed by atoms with E-state index in [0.29, 0.717) is 12.1 Å². The minimum absolute atomic E-state index is 0.110. The van der Waals surface area contributed by atoms with Crippen LogP contribution in [0.25, 0.3) is 0 Å². The number of anilines is 1. The van der Waals surface area contributed by atoms with E-state index in [1.807, 2.05) is 33.0 Å². The van der Waals surface area contributed by atoms with Crippen LogP contribution in [-0.2, 0) is 12.1 Å². The standard InChI is InChI=1S/C14H19N5O2/c1-10-12(6-5-7-13(10)19(20)21)15-8-11-9-18(17-16-11)14(2,3)4/h5-7,9,15H,8H2,1-4H3. The van der Waals surface area contributed by atoms with Gasteiger partial charge in [-0.3, -0.25) is 10.1 Å². The lowest BCUT2D eigenvalue weighted by atomic mass is 10.1. The van der Waals surface area contributed by atoms with E-state index >= 15 is 0 Å². The Labute approximate surface area is 123 Å². The van der Waals surface area contributed by atoms with Crippen LogP contribution in [0.4, 0.5) is 11.4 Å². The summed E-state index contributed by atoms with van der Waals surface area (Å²) in [6.07, 6.45) is 1.87. The molecule has 0 aliphatic carbocycles. The number of nitro groups is 1. The SMILES string of the molecule is Cc1c(NCc2cn(C(C)(C)C)nn2)cccc1[N+](=O)[O-]. The van der Waals surface area contributed by atoms with Gasteiger partial charge >= 0.3 is 0 Å². The van der Waals surface area contributed by atoms with Crippen molar-refractivity contribution >= 4 is 11.4 Å². The molecule has 0 atom stereocenters. The minimum Gasteiger partial charge on any atom is -0.379 e. The first kappa shape index (κ1) is 15.0. The lowest BCUT2D eigenvalue weighted by Crippen LogP contribution is -2.22. The normalized spacial score (nSPS) is 11.4. The Morgan fingerprint density at radius 1 is 1.38 bits per heavy atom. The van der Waals surface area contributed by atoms with Gasteiger partial charge in [-0.15, -0.1) is 5.10 Å². The third kappa shape index (κ3) is 3.36. The summed E-state index contributed by atoms with van der Waals surface area (Å²) >= 11 is 0. The molecule has 7 nitrogen and oxygen atoms in total. The maximum Gasteiger partial charge on any atom is 0.274 e. The van der Waals surface area contributed by atoms with Gasteiger partial charge in [0.2, 0.25) is 0 Å². The number of rotatable bonds is 4. The monoisotopic (exact) mass is 289 g/mol. The van der Waals surface area contributed by atoms with Crippen molar-refractivity contribution in [2.24, 2.45) is 0 Å². The Balaban J connectivity index is 2.12. The van der Waals surface area contributed by atoms with E-state index in [4.69, 9.17) is 0 Å². The highest BCUT2D eigenvalue weighted by Crippen LogP contribution is 2.25. The van der Waals surface area contributed by atoms with Gasteiger partial charge in [-0.25, -0.2) is 4.68 Å². The number of benzene rings is 1. The molecule has 7 heteroatoms. The third-order valence-corrected chi connectivity index (χ3v) is 3.19. The Morgan fingerprint density at radius 2 is 2.10 bits per heavy atom. The van der Waals surface area contributed by atoms with Crippen molar-refractivity contribution in [2.75, 3.05) is 5.32 Å². The van der Waals surface area contributed by atoms with Gasteiger partial charge in [-0.1, -0.05) is 11.3 Å². The van der Waals surface area contributed by atoms with Crippen LogP contribution in [-0.4, -0.2) is 19.9 Å². The molecule has 0 radical (unpaired) electrons. The Hall–Kier alpha value is -2.44. The van der Waals surface area contributed by atoms with Crippen LogP contribution in [0.15, 0.2) is 24.4 Å². The lowest BCUT2D eigenvalue weighted by molar-refractivity contribution is -0.385. The van der Waals surface area contributed by atoms with Crippen LogP contribution in [0.1, 0.15) is 32.0 Å². The fourth-order valence-corrected chi connectivity index (χ4v) is 1.91. The highest BCUT2D eigenvalue weighted by Gasteiger charge is 2.16. The predicted octanol–water partition coefficient (Wildman–Crippen LogP) is 2.86. The van der Waals surface area contributed by atoms with E-state index in [2.05, 4.69) is 15.6 Å². The van der Waals surface area contributed by atoms with Gasteiger partial charge in [0.1, 0.15) is 5.69 Å². The third-order valence-electron chi connectivity index (χ3n) is 3.19. The number of nitro benzene ring substituents is 1. The van der Waals surface area contributed by atoms with E-state index in [1.165, 1.54) is 6.07 Å². The highest BCUT2D eigenvalue weighted by atomic mass is 16.6. The molecule has 1 heterocycles. The number of aromatic nitrogens is 3. The minimum atomic E-state index is -0.379. The molecular weight excluding hydrogens is 270 g/mol. The van der Waals surface area contributed by atoms with Crippen LogP contribution >= 0.6 is 0 Å². The maximum absolute atomic E-state index is 10.9. The molecule has 21 heavy (non-hydrogen) atoms. The molecule has 0 fully saturated rings. The van der Waals surface area contributed by atoms with Gasteiger partial charge in [0.25, 0.3) is 5.69 Å². The van der Waals surface area contributed by atoms with Crippen molar-refractivity contribution in [1.82, 2.24) is 15.0 Å². The van der Waals surface area contributed by atoms with Crippen LogP contribution < -0.4 is 5.32 Å². The van der Waals surface area contributed by atoms with Crippen LogP contribution in [0.2, 0.25) is 0 Å². The molecule has 1 N–H and O–H groups in total. The fraction of sp³-hybridized carbons (Fsp3) is 0.429. The molecule has 0 saturated carbocycles. The zero-order chi connectivity index (χ0) is 15.6. The smallest absolute Gasteiger partial charge is 0.274 e. The number of nitrogens with one attached hydrogen (secondary N) is 1. The lowest BCUT2D eigenvalue weighted by Gasteiger charge is -2.17. The molecule has 2 aromatic rings. The summed E-state index contributed by atoms with van der Waals surface area (Å²) in [5.41, 5.74) is 2.13. The largest absolute Gasteiger partial charge is 0.379 e. The summed E-state index contributed by atoms with van der Waals surface area (Å²) in [5, 5.41) is 22.3. The number of hydrogen-bond acceptors (Lipinski definition) is 5. The average molecular weight is 289 g/mol. The van der Waals surface area contributed by atoms with Crippen molar-refractivity contribution in [3.8, 4) is 0 Å². The van der Waals surface area contributed by atoms with Crippen LogP contribution in [0.3, 0.4) is 0 Å². The molecular formula is C14H19N5O2. The molecule has 0 unspecified atom stereocenters. The molecule has 1 aromatic carbocycles. The van der Waals surface area contributed by atoms with Crippen molar-refractivity contribution in [3.05, 3.63) is 45.8 Å². The summed E-state index contributed by atoms with van der Waals surface area (Å²) in [7, 11) is 0. The maximum atomic E-state index is 10.9. The number of hydrogen-bond donors (Lipinski definition) is 1. The predicted molar refractivity (Wildman–Crippen MR) is 80.2 cm³/mol. The first-order chi connectivity index (χ1) is 9.79. The topological polar surface area (TPSA) is 85.9 Å². The van der Waals surface area contributed by atoms with Gasteiger partial charge in [0, 0.05) is 17.3 Å². The van der Waals surface area contributed by atoms with Crippen LogP contribution in [0, 0.1) is 17.0 Å². The Bertz CT molecular complexity index is 658. The van der Waals surface area contributed by atoms with Crippen molar-refractivity contribution in [3.63, 3.8) is 0 Å². The molecule has 112 valence electrons. The van der Waals surface area contributed by atoms with Gasteiger partial charge in [0.15, 0.2) is 0 Å². The molecule has 0 saturated heterocycles. The van der Waals surface area contributed by atoms with E-state index in [9.17, 15) is 10.1 Å². The first-order valence-corrected chi connectivity index (χ1v) is 6.68. The number of nitrogens with zero attached hydrogens (tertiary/aromatic N) is 4. The quantitative estimate of drug-likeness (QED) is 0.691.